The second-order valence-corrected chi connectivity index (χ2v) is 6.09. The Morgan fingerprint density at radius 1 is 1.33 bits per heavy atom. The number of likely N-dealkylation sites (N-methyl/N-ethyl adjacent to an activating group) is 1. The molecule has 0 spiro atoms. The van der Waals surface area contributed by atoms with Gasteiger partial charge < -0.3 is 14.7 Å². The van der Waals surface area contributed by atoms with Crippen LogP contribution in [0.15, 0.2) is 18.2 Å². The minimum atomic E-state index is -0.875. The van der Waals surface area contributed by atoms with Gasteiger partial charge in [0.05, 0.1) is 18.6 Å². The Morgan fingerprint density at radius 3 is 2.57 bits per heavy atom. The molecule has 4 nitrogen and oxygen atoms in total. The van der Waals surface area contributed by atoms with E-state index in [9.17, 15) is 9.90 Å². The molecule has 0 saturated heterocycles. The zero-order valence-electron chi connectivity index (χ0n) is 13.8. The molecule has 0 aliphatic rings. The third kappa shape index (κ3) is 6.17. The first-order valence-electron chi connectivity index (χ1n) is 7.43. The molecular weight excluding hydrogens is 266 g/mol. The van der Waals surface area contributed by atoms with Crippen LogP contribution in [0, 0.1) is 13.8 Å². The van der Waals surface area contributed by atoms with Gasteiger partial charge in [0.1, 0.15) is 5.75 Å². The van der Waals surface area contributed by atoms with Crippen LogP contribution < -0.4 is 4.74 Å². The number of carbonyl (C=O) groups excluding carboxylic acids is 1. The van der Waals surface area contributed by atoms with Gasteiger partial charge in [-0.2, -0.15) is 0 Å². The van der Waals surface area contributed by atoms with Gasteiger partial charge in [-0.05, 0) is 51.8 Å². The lowest BCUT2D eigenvalue weighted by molar-refractivity contribution is -0.134. The van der Waals surface area contributed by atoms with Crippen molar-refractivity contribution in [1.29, 1.82) is 0 Å². The number of aryl methyl sites for hydroxylation is 2. The molecule has 118 valence electrons. The van der Waals surface area contributed by atoms with Crippen molar-refractivity contribution >= 4 is 5.91 Å². The number of aliphatic hydroxyl groups is 1. The van der Waals surface area contributed by atoms with Crippen molar-refractivity contribution in [3.63, 3.8) is 0 Å². The van der Waals surface area contributed by atoms with E-state index in [2.05, 4.69) is 0 Å². The van der Waals surface area contributed by atoms with Gasteiger partial charge in [-0.1, -0.05) is 12.1 Å². The van der Waals surface area contributed by atoms with E-state index in [0.29, 0.717) is 26.1 Å². The maximum atomic E-state index is 12.1. The van der Waals surface area contributed by atoms with E-state index in [-0.39, 0.29) is 5.91 Å². The van der Waals surface area contributed by atoms with Gasteiger partial charge in [-0.15, -0.1) is 0 Å². The molecule has 0 aromatic heterocycles. The maximum absolute atomic E-state index is 12.1. The van der Waals surface area contributed by atoms with Crippen molar-refractivity contribution in [3.8, 4) is 5.75 Å². The van der Waals surface area contributed by atoms with E-state index in [1.807, 2.05) is 39.0 Å². The highest BCUT2D eigenvalue weighted by molar-refractivity contribution is 5.76. The van der Waals surface area contributed by atoms with Gasteiger partial charge in [-0.3, -0.25) is 4.79 Å². The first-order chi connectivity index (χ1) is 9.73. The quantitative estimate of drug-likeness (QED) is 0.841. The number of rotatable bonds is 7. The fraction of sp³-hybridized carbons (Fsp3) is 0.588. The molecule has 1 rings (SSSR count). The number of ether oxygens (including phenoxy) is 1. The molecule has 1 aromatic rings. The molecular formula is C17H27NO3. The summed E-state index contributed by atoms with van der Waals surface area (Å²) in [6.45, 7) is 10.6. The molecule has 0 saturated carbocycles. The SMILES string of the molecule is CCN(CC(C)(C)O)C(=O)CCOc1cc(C)ccc1C. The molecule has 0 fully saturated rings. The number of hydrogen-bond acceptors (Lipinski definition) is 3. The van der Waals surface area contributed by atoms with Gasteiger partial charge in [0, 0.05) is 13.1 Å². The first kappa shape index (κ1) is 17.5. The van der Waals surface area contributed by atoms with Gasteiger partial charge in [-0.25, -0.2) is 0 Å². The normalized spacial score (nSPS) is 11.3. The lowest BCUT2D eigenvalue weighted by Gasteiger charge is -2.28. The second-order valence-electron chi connectivity index (χ2n) is 6.09. The van der Waals surface area contributed by atoms with Crippen LogP contribution in [0.1, 0.15) is 38.3 Å². The van der Waals surface area contributed by atoms with Gasteiger partial charge in [0.15, 0.2) is 0 Å². The standard InChI is InChI=1S/C17H27NO3/c1-6-18(12-17(4,5)20)16(19)9-10-21-15-11-13(2)7-8-14(15)3/h7-8,11,20H,6,9-10,12H2,1-5H3. The lowest BCUT2D eigenvalue weighted by atomic mass is 10.1. The summed E-state index contributed by atoms with van der Waals surface area (Å²) in [6, 6.07) is 6.03. The zero-order valence-corrected chi connectivity index (χ0v) is 13.8. The predicted molar refractivity (Wildman–Crippen MR) is 84.6 cm³/mol. The van der Waals surface area contributed by atoms with Crippen LogP contribution in [0.2, 0.25) is 0 Å². The summed E-state index contributed by atoms with van der Waals surface area (Å²) >= 11 is 0. The van der Waals surface area contributed by atoms with E-state index in [1.54, 1.807) is 18.7 Å². The average molecular weight is 293 g/mol. The highest BCUT2D eigenvalue weighted by atomic mass is 16.5. The number of benzene rings is 1. The van der Waals surface area contributed by atoms with E-state index < -0.39 is 5.60 Å². The first-order valence-corrected chi connectivity index (χ1v) is 7.43. The monoisotopic (exact) mass is 293 g/mol. The molecule has 21 heavy (non-hydrogen) atoms. The molecule has 4 heteroatoms. The van der Waals surface area contributed by atoms with Crippen LogP contribution in [0.3, 0.4) is 0 Å². The molecule has 1 aromatic carbocycles. The topological polar surface area (TPSA) is 49.8 Å². The highest BCUT2D eigenvalue weighted by Gasteiger charge is 2.21. The van der Waals surface area contributed by atoms with Crippen LogP contribution in [-0.2, 0) is 4.79 Å². The predicted octanol–water partition coefficient (Wildman–Crippen LogP) is 2.69. The molecule has 0 aliphatic carbocycles. The van der Waals surface area contributed by atoms with E-state index >= 15 is 0 Å². The fourth-order valence-electron chi connectivity index (χ4n) is 2.11. The van der Waals surface area contributed by atoms with Crippen molar-refractivity contribution in [1.82, 2.24) is 4.90 Å². The van der Waals surface area contributed by atoms with Crippen molar-refractivity contribution < 1.29 is 14.6 Å². The summed E-state index contributed by atoms with van der Waals surface area (Å²) in [4.78, 5) is 13.8. The number of hydrogen-bond donors (Lipinski definition) is 1. The lowest BCUT2D eigenvalue weighted by Crippen LogP contribution is -2.42. The Balaban J connectivity index is 2.50. The van der Waals surface area contributed by atoms with Crippen LogP contribution >= 0.6 is 0 Å². The third-order valence-electron chi connectivity index (χ3n) is 3.23. The number of nitrogens with zero attached hydrogens (tertiary/aromatic N) is 1. The van der Waals surface area contributed by atoms with Crippen molar-refractivity contribution in [2.75, 3.05) is 19.7 Å². The highest BCUT2D eigenvalue weighted by Crippen LogP contribution is 2.19. The largest absolute Gasteiger partial charge is 0.493 e. The van der Waals surface area contributed by atoms with E-state index in [0.717, 1.165) is 16.9 Å². The van der Waals surface area contributed by atoms with Gasteiger partial charge >= 0.3 is 0 Å². The third-order valence-corrected chi connectivity index (χ3v) is 3.23. The smallest absolute Gasteiger partial charge is 0.226 e. The molecule has 1 N–H and O–H groups in total. The zero-order chi connectivity index (χ0) is 16.0. The Kier molecular flexibility index (Phi) is 6.21. The second kappa shape index (κ2) is 7.46. The minimum absolute atomic E-state index is 0.00457. The molecule has 0 atom stereocenters. The summed E-state index contributed by atoms with van der Waals surface area (Å²) in [7, 11) is 0. The van der Waals surface area contributed by atoms with Gasteiger partial charge in [0.2, 0.25) is 5.91 Å². The Morgan fingerprint density at radius 2 is 2.00 bits per heavy atom. The van der Waals surface area contributed by atoms with Gasteiger partial charge in [0.25, 0.3) is 0 Å². The maximum Gasteiger partial charge on any atom is 0.226 e. The van der Waals surface area contributed by atoms with Crippen LogP contribution in [-0.4, -0.2) is 41.2 Å². The minimum Gasteiger partial charge on any atom is -0.493 e. The molecule has 0 bridgehead atoms. The average Bonchev–Trinajstić information content (AvgIpc) is 2.38. The molecule has 0 aliphatic heterocycles. The molecule has 0 radical (unpaired) electrons. The van der Waals surface area contributed by atoms with Crippen LogP contribution in [0.4, 0.5) is 0 Å². The Bertz CT molecular complexity index is 477. The Labute approximate surface area is 127 Å². The molecule has 1 amide bonds. The summed E-state index contributed by atoms with van der Waals surface area (Å²) < 4.78 is 5.70. The van der Waals surface area contributed by atoms with Crippen LogP contribution in [0.25, 0.3) is 0 Å². The number of amides is 1. The fourth-order valence-corrected chi connectivity index (χ4v) is 2.11. The summed E-state index contributed by atoms with van der Waals surface area (Å²) in [6.07, 6.45) is 0.317. The molecule has 0 heterocycles. The number of carbonyl (C=O) groups is 1. The Hall–Kier alpha value is -1.55. The van der Waals surface area contributed by atoms with E-state index in [4.69, 9.17) is 4.74 Å². The van der Waals surface area contributed by atoms with Crippen molar-refractivity contribution in [2.24, 2.45) is 0 Å². The summed E-state index contributed by atoms with van der Waals surface area (Å²) in [5.41, 5.74) is 1.33. The summed E-state index contributed by atoms with van der Waals surface area (Å²) in [5, 5.41) is 9.81. The van der Waals surface area contributed by atoms with Crippen molar-refractivity contribution in [3.05, 3.63) is 29.3 Å². The van der Waals surface area contributed by atoms with Crippen molar-refractivity contribution in [2.45, 2.75) is 46.6 Å². The van der Waals surface area contributed by atoms with Crippen LogP contribution in [0.5, 0.6) is 5.75 Å². The van der Waals surface area contributed by atoms with E-state index in [1.165, 1.54) is 0 Å². The molecule has 0 unspecified atom stereocenters. The summed E-state index contributed by atoms with van der Waals surface area (Å²) in [5.74, 6) is 0.832.